The molecule has 1 aliphatic heterocycles. The Morgan fingerprint density at radius 2 is 2.24 bits per heavy atom. The second-order valence-electron chi connectivity index (χ2n) is 5.16. The average Bonchev–Trinajstić information content (AvgIpc) is 2.34. The molecule has 0 aromatic heterocycles. The highest BCUT2D eigenvalue weighted by molar-refractivity contribution is 5.31. The smallest absolute Gasteiger partial charge is 0.119 e. The third-order valence-electron chi connectivity index (χ3n) is 3.43. The van der Waals surface area contributed by atoms with Crippen molar-refractivity contribution in [2.24, 2.45) is 5.41 Å². The molecule has 0 radical (unpaired) electrons. The van der Waals surface area contributed by atoms with Crippen LogP contribution in [-0.4, -0.2) is 32.0 Å². The number of hydrogen-bond donors (Lipinski definition) is 1. The molecular weight excluding hydrogens is 216 g/mol. The molecule has 0 amide bonds. The van der Waals surface area contributed by atoms with Crippen molar-refractivity contribution in [3.8, 4) is 5.75 Å². The molecule has 0 spiro atoms. The van der Waals surface area contributed by atoms with Crippen molar-refractivity contribution in [3.05, 3.63) is 29.8 Å². The molecule has 94 valence electrons. The van der Waals surface area contributed by atoms with Crippen LogP contribution in [0.1, 0.15) is 24.8 Å². The van der Waals surface area contributed by atoms with Crippen molar-refractivity contribution in [2.75, 3.05) is 26.9 Å². The molecular formula is C14H20O3. The first-order valence-electron chi connectivity index (χ1n) is 5.99. The van der Waals surface area contributed by atoms with Crippen molar-refractivity contribution in [2.45, 2.75) is 19.3 Å². The van der Waals surface area contributed by atoms with Gasteiger partial charge in [0.25, 0.3) is 0 Å². The van der Waals surface area contributed by atoms with E-state index >= 15 is 0 Å². The molecule has 1 fully saturated rings. The summed E-state index contributed by atoms with van der Waals surface area (Å²) in [5.74, 6) is 1.01. The molecule has 0 bridgehead atoms. The van der Waals surface area contributed by atoms with E-state index in [4.69, 9.17) is 9.47 Å². The first-order valence-corrected chi connectivity index (χ1v) is 5.99. The third kappa shape index (κ3) is 2.79. The van der Waals surface area contributed by atoms with Crippen LogP contribution in [0, 0.1) is 5.41 Å². The van der Waals surface area contributed by atoms with Gasteiger partial charge in [-0.15, -0.1) is 0 Å². The average molecular weight is 236 g/mol. The van der Waals surface area contributed by atoms with Crippen LogP contribution in [0.5, 0.6) is 5.75 Å². The Kier molecular flexibility index (Phi) is 3.69. The fourth-order valence-electron chi connectivity index (χ4n) is 2.35. The van der Waals surface area contributed by atoms with Gasteiger partial charge in [-0.05, 0) is 24.1 Å². The van der Waals surface area contributed by atoms with Gasteiger partial charge in [0, 0.05) is 17.9 Å². The minimum absolute atomic E-state index is 0.166. The van der Waals surface area contributed by atoms with E-state index in [1.165, 1.54) is 0 Å². The Morgan fingerprint density at radius 1 is 1.47 bits per heavy atom. The number of aliphatic hydroxyl groups excluding tert-OH is 1. The quantitative estimate of drug-likeness (QED) is 0.851. The Hall–Kier alpha value is -1.06. The van der Waals surface area contributed by atoms with Crippen molar-refractivity contribution in [1.82, 2.24) is 0 Å². The predicted molar refractivity (Wildman–Crippen MR) is 66.4 cm³/mol. The molecule has 0 aliphatic carbocycles. The number of ether oxygens (including phenoxy) is 2. The second-order valence-corrected chi connectivity index (χ2v) is 5.16. The van der Waals surface area contributed by atoms with Crippen LogP contribution in [-0.2, 0) is 4.74 Å². The summed E-state index contributed by atoms with van der Waals surface area (Å²) in [6.45, 7) is 3.98. The van der Waals surface area contributed by atoms with Gasteiger partial charge < -0.3 is 14.6 Å². The zero-order valence-corrected chi connectivity index (χ0v) is 10.5. The lowest BCUT2D eigenvalue weighted by molar-refractivity contribution is -0.110. The van der Waals surface area contributed by atoms with Gasteiger partial charge >= 0.3 is 0 Å². The SMILES string of the molecule is COc1cccc(C(CO)CC2(C)COC2)c1. The van der Waals surface area contributed by atoms with E-state index in [-0.39, 0.29) is 17.9 Å². The summed E-state index contributed by atoms with van der Waals surface area (Å²) in [7, 11) is 1.66. The van der Waals surface area contributed by atoms with Gasteiger partial charge in [-0.3, -0.25) is 0 Å². The van der Waals surface area contributed by atoms with Crippen LogP contribution in [0.15, 0.2) is 24.3 Å². The molecule has 3 nitrogen and oxygen atoms in total. The van der Waals surface area contributed by atoms with E-state index in [1.807, 2.05) is 24.3 Å². The first kappa shape index (κ1) is 12.4. The molecule has 0 saturated carbocycles. The molecule has 1 aromatic carbocycles. The van der Waals surface area contributed by atoms with Crippen molar-refractivity contribution < 1.29 is 14.6 Å². The highest BCUT2D eigenvalue weighted by atomic mass is 16.5. The highest BCUT2D eigenvalue weighted by Gasteiger charge is 2.35. The summed E-state index contributed by atoms with van der Waals surface area (Å²) in [5, 5.41) is 9.54. The van der Waals surface area contributed by atoms with E-state index in [0.29, 0.717) is 0 Å². The van der Waals surface area contributed by atoms with Crippen LogP contribution in [0.2, 0.25) is 0 Å². The number of hydrogen-bond acceptors (Lipinski definition) is 3. The molecule has 2 rings (SSSR count). The van der Waals surface area contributed by atoms with Gasteiger partial charge in [-0.25, -0.2) is 0 Å². The van der Waals surface area contributed by atoms with E-state index in [9.17, 15) is 5.11 Å². The highest BCUT2D eigenvalue weighted by Crippen LogP contribution is 2.38. The van der Waals surface area contributed by atoms with Gasteiger partial charge in [0.15, 0.2) is 0 Å². The Balaban J connectivity index is 2.10. The third-order valence-corrected chi connectivity index (χ3v) is 3.43. The fraction of sp³-hybridized carbons (Fsp3) is 0.571. The molecule has 1 N–H and O–H groups in total. The number of aliphatic hydroxyl groups is 1. The normalized spacial score (nSPS) is 19.5. The second kappa shape index (κ2) is 5.07. The molecule has 1 atom stereocenters. The Morgan fingerprint density at radius 3 is 2.76 bits per heavy atom. The van der Waals surface area contributed by atoms with Gasteiger partial charge in [0.05, 0.1) is 20.3 Å². The molecule has 1 aromatic rings. The lowest BCUT2D eigenvalue weighted by atomic mass is 9.77. The molecule has 3 heteroatoms. The topological polar surface area (TPSA) is 38.7 Å². The summed E-state index contributed by atoms with van der Waals surface area (Å²) in [6, 6.07) is 7.94. The zero-order valence-electron chi connectivity index (χ0n) is 10.5. The van der Waals surface area contributed by atoms with Crippen LogP contribution in [0.3, 0.4) is 0 Å². The molecule has 1 unspecified atom stereocenters. The maximum absolute atomic E-state index is 9.54. The standard InChI is InChI=1S/C14H20O3/c1-14(9-17-10-14)7-12(8-15)11-4-3-5-13(6-11)16-2/h3-6,12,15H,7-10H2,1-2H3. The van der Waals surface area contributed by atoms with Crippen LogP contribution < -0.4 is 4.74 Å². The summed E-state index contributed by atoms with van der Waals surface area (Å²) >= 11 is 0. The van der Waals surface area contributed by atoms with Crippen molar-refractivity contribution >= 4 is 0 Å². The van der Waals surface area contributed by atoms with Gasteiger partial charge in [-0.1, -0.05) is 19.1 Å². The predicted octanol–water partition coefficient (Wildman–Crippen LogP) is 2.20. The van der Waals surface area contributed by atoms with E-state index in [1.54, 1.807) is 7.11 Å². The Bertz CT molecular complexity index is 371. The van der Waals surface area contributed by atoms with Crippen LogP contribution in [0.25, 0.3) is 0 Å². The largest absolute Gasteiger partial charge is 0.497 e. The summed E-state index contributed by atoms with van der Waals surface area (Å²) < 4.78 is 10.5. The minimum atomic E-state index is 0.166. The van der Waals surface area contributed by atoms with Crippen LogP contribution >= 0.6 is 0 Å². The first-order chi connectivity index (χ1) is 8.17. The number of benzene rings is 1. The van der Waals surface area contributed by atoms with E-state index in [2.05, 4.69) is 6.92 Å². The van der Waals surface area contributed by atoms with Crippen molar-refractivity contribution in [1.29, 1.82) is 0 Å². The monoisotopic (exact) mass is 236 g/mol. The van der Waals surface area contributed by atoms with Crippen LogP contribution in [0.4, 0.5) is 0 Å². The summed E-state index contributed by atoms with van der Waals surface area (Å²) in [6.07, 6.45) is 0.955. The van der Waals surface area contributed by atoms with E-state index in [0.717, 1.165) is 30.9 Å². The molecule has 1 heterocycles. The summed E-state index contributed by atoms with van der Waals surface area (Å²) in [4.78, 5) is 0. The van der Waals surface area contributed by atoms with E-state index < -0.39 is 0 Å². The lowest BCUT2D eigenvalue weighted by Crippen LogP contribution is -2.41. The fourth-order valence-corrected chi connectivity index (χ4v) is 2.35. The number of methoxy groups -OCH3 is 1. The zero-order chi connectivity index (χ0) is 12.3. The van der Waals surface area contributed by atoms with Gasteiger partial charge in [0.2, 0.25) is 0 Å². The molecule has 1 saturated heterocycles. The van der Waals surface area contributed by atoms with Gasteiger partial charge in [-0.2, -0.15) is 0 Å². The molecule has 17 heavy (non-hydrogen) atoms. The lowest BCUT2D eigenvalue weighted by Gasteiger charge is -2.40. The maximum Gasteiger partial charge on any atom is 0.119 e. The molecule has 1 aliphatic rings. The Labute approximate surface area is 102 Å². The minimum Gasteiger partial charge on any atom is -0.497 e. The van der Waals surface area contributed by atoms with Gasteiger partial charge in [0.1, 0.15) is 5.75 Å². The number of rotatable bonds is 5. The summed E-state index contributed by atoms with van der Waals surface area (Å²) in [5.41, 5.74) is 1.36. The van der Waals surface area contributed by atoms with Crippen molar-refractivity contribution in [3.63, 3.8) is 0 Å². The maximum atomic E-state index is 9.54.